The molecule has 0 saturated heterocycles. The van der Waals surface area contributed by atoms with Crippen LogP contribution in [-0.2, 0) is 11.5 Å². The van der Waals surface area contributed by atoms with Crippen LogP contribution in [0.3, 0.4) is 0 Å². The number of hydrogen-bond acceptors (Lipinski definition) is 5. The maximum absolute atomic E-state index is 12.4. The predicted octanol–water partition coefficient (Wildman–Crippen LogP) is 5.68. The molecule has 32 heavy (non-hydrogen) atoms. The van der Waals surface area contributed by atoms with Gasteiger partial charge in [0.25, 0.3) is 5.91 Å². The Labute approximate surface area is 193 Å². The van der Waals surface area contributed by atoms with E-state index >= 15 is 0 Å². The molecule has 0 aliphatic rings. The molecule has 0 radical (unpaired) electrons. The van der Waals surface area contributed by atoms with Crippen LogP contribution in [0.15, 0.2) is 77.9 Å². The summed E-state index contributed by atoms with van der Waals surface area (Å²) in [5.41, 5.74) is 6.45. The van der Waals surface area contributed by atoms with Crippen LogP contribution in [0.5, 0.6) is 11.5 Å². The zero-order chi connectivity index (χ0) is 22.6. The molecular formula is C26H28N2O3S. The van der Waals surface area contributed by atoms with Gasteiger partial charge in [0, 0.05) is 17.1 Å². The van der Waals surface area contributed by atoms with Crippen LogP contribution in [0.2, 0.25) is 0 Å². The molecule has 0 heterocycles. The lowest BCUT2D eigenvalue weighted by Crippen LogP contribution is -2.17. The fraction of sp³-hybridized carbons (Fsp3) is 0.231. The third-order valence-electron chi connectivity index (χ3n) is 4.54. The van der Waals surface area contributed by atoms with Gasteiger partial charge in [-0.15, -0.1) is 0 Å². The molecule has 0 aliphatic heterocycles. The lowest BCUT2D eigenvalue weighted by molar-refractivity contribution is 0.0955. The molecular weight excluding hydrogens is 420 g/mol. The van der Waals surface area contributed by atoms with Crippen molar-refractivity contribution in [3.63, 3.8) is 0 Å². The molecule has 1 amide bonds. The number of carbonyl (C=O) groups excluding carboxylic acids is 1. The molecule has 0 bridgehead atoms. The molecule has 0 aliphatic carbocycles. The van der Waals surface area contributed by atoms with Crippen molar-refractivity contribution in [3.05, 3.63) is 95.1 Å². The van der Waals surface area contributed by atoms with Gasteiger partial charge in [0.1, 0.15) is 0 Å². The van der Waals surface area contributed by atoms with Gasteiger partial charge >= 0.3 is 0 Å². The highest BCUT2D eigenvalue weighted by molar-refractivity contribution is 7.97. The lowest BCUT2D eigenvalue weighted by atomic mass is 10.1. The number of amides is 1. The molecule has 0 atom stereocenters. The number of rotatable bonds is 11. The smallest absolute Gasteiger partial charge is 0.271 e. The van der Waals surface area contributed by atoms with E-state index in [-0.39, 0.29) is 5.91 Å². The third-order valence-corrected chi connectivity index (χ3v) is 5.62. The van der Waals surface area contributed by atoms with Gasteiger partial charge in [-0.2, -0.15) is 16.9 Å². The largest absolute Gasteiger partial charge is 0.490 e. The van der Waals surface area contributed by atoms with Gasteiger partial charge in [0.15, 0.2) is 11.5 Å². The number of benzene rings is 3. The van der Waals surface area contributed by atoms with E-state index in [0.29, 0.717) is 30.3 Å². The second kappa shape index (κ2) is 12.6. The summed E-state index contributed by atoms with van der Waals surface area (Å²) in [6, 6.07) is 23.6. The summed E-state index contributed by atoms with van der Waals surface area (Å²) in [7, 11) is 0. The Morgan fingerprint density at radius 2 is 1.53 bits per heavy atom. The maximum atomic E-state index is 12.4. The Bertz CT molecular complexity index is 1020. The summed E-state index contributed by atoms with van der Waals surface area (Å²) in [5.74, 6) is 2.96. The molecule has 3 aromatic rings. The summed E-state index contributed by atoms with van der Waals surface area (Å²) < 4.78 is 11.2. The highest BCUT2D eigenvalue weighted by Gasteiger charge is 2.06. The van der Waals surface area contributed by atoms with Crippen LogP contribution < -0.4 is 14.9 Å². The second-order valence-corrected chi connectivity index (χ2v) is 7.93. The van der Waals surface area contributed by atoms with Crippen molar-refractivity contribution in [1.29, 1.82) is 0 Å². The minimum absolute atomic E-state index is 0.249. The second-order valence-electron chi connectivity index (χ2n) is 6.95. The lowest BCUT2D eigenvalue weighted by Gasteiger charge is -2.11. The first-order valence-electron chi connectivity index (χ1n) is 10.6. The Morgan fingerprint density at radius 3 is 2.22 bits per heavy atom. The van der Waals surface area contributed by atoms with Crippen molar-refractivity contribution < 1.29 is 14.3 Å². The van der Waals surface area contributed by atoms with Crippen LogP contribution in [0.25, 0.3) is 0 Å². The Hall–Kier alpha value is -3.25. The van der Waals surface area contributed by atoms with Gasteiger partial charge in [0.2, 0.25) is 0 Å². The van der Waals surface area contributed by atoms with Crippen molar-refractivity contribution in [3.8, 4) is 11.5 Å². The van der Waals surface area contributed by atoms with E-state index in [0.717, 1.165) is 17.1 Å². The Morgan fingerprint density at radius 1 is 0.875 bits per heavy atom. The van der Waals surface area contributed by atoms with Crippen molar-refractivity contribution in [1.82, 2.24) is 5.43 Å². The molecule has 5 nitrogen and oxygen atoms in total. The van der Waals surface area contributed by atoms with Gasteiger partial charge in [-0.1, -0.05) is 42.5 Å². The molecule has 0 saturated carbocycles. The van der Waals surface area contributed by atoms with Crippen LogP contribution in [0, 0.1) is 0 Å². The van der Waals surface area contributed by atoms with Gasteiger partial charge < -0.3 is 9.47 Å². The molecule has 1 N–H and O–H groups in total. The molecule has 0 spiro atoms. The van der Waals surface area contributed by atoms with E-state index in [4.69, 9.17) is 9.47 Å². The standard InChI is InChI=1S/C26H28N2O3S/c1-3-30-24-15-12-22(16-25(24)31-4-2)17-27-28-26(29)23-13-10-21(11-14-23)19-32-18-20-8-6-5-7-9-20/h5-17H,3-4,18-19H2,1-2H3,(H,28,29)/b27-17+. The summed E-state index contributed by atoms with van der Waals surface area (Å²) >= 11 is 1.85. The predicted molar refractivity (Wildman–Crippen MR) is 132 cm³/mol. The van der Waals surface area contributed by atoms with Crippen molar-refractivity contribution in [2.45, 2.75) is 25.4 Å². The Kier molecular flexibility index (Phi) is 9.20. The van der Waals surface area contributed by atoms with Crippen LogP contribution in [0.1, 0.15) is 40.9 Å². The van der Waals surface area contributed by atoms with Crippen LogP contribution in [-0.4, -0.2) is 25.3 Å². The molecule has 0 aromatic heterocycles. The zero-order valence-corrected chi connectivity index (χ0v) is 19.2. The fourth-order valence-electron chi connectivity index (χ4n) is 2.99. The maximum Gasteiger partial charge on any atom is 0.271 e. The topological polar surface area (TPSA) is 59.9 Å². The first-order valence-corrected chi connectivity index (χ1v) is 11.8. The zero-order valence-electron chi connectivity index (χ0n) is 18.4. The van der Waals surface area contributed by atoms with E-state index in [1.807, 2.05) is 74.1 Å². The first kappa shape index (κ1) is 23.4. The van der Waals surface area contributed by atoms with Gasteiger partial charge in [-0.25, -0.2) is 5.43 Å². The molecule has 3 aromatic carbocycles. The summed E-state index contributed by atoms with van der Waals surface area (Å²) in [6.07, 6.45) is 1.59. The average Bonchev–Trinajstić information content (AvgIpc) is 2.82. The molecule has 3 rings (SSSR count). The summed E-state index contributed by atoms with van der Waals surface area (Å²) in [4.78, 5) is 12.4. The number of nitrogens with zero attached hydrogens (tertiary/aromatic N) is 1. The highest BCUT2D eigenvalue weighted by atomic mass is 32.2. The summed E-state index contributed by atoms with van der Waals surface area (Å²) in [6.45, 7) is 4.95. The molecule has 6 heteroatoms. The monoisotopic (exact) mass is 448 g/mol. The molecule has 0 unspecified atom stereocenters. The van der Waals surface area contributed by atoms with Crippen LogP contribution >= 0.6 is 11.8 Å². The minimum atomic E-state index is -0.249. The van der Waals surface area contributed by atoms with Crippen LogP contribution in [0.4, 0.5) is 0 Å². The number of hydrogen-bond donors (Lipinski definition) is 1. The third kappa shape index (κ3) is 7.17. The van der Waals surface area contributed by atoms with Crippen molar-refractivity contribution in [2.75, 3.05) is 13.2 Å². The molecule has 0 fully saturated rings. The summed E-state index contributed by atoms with van der Waals surface area (Å²) in [5, 5.41) is 4.08. The number of carbonyl (C=O) groups is 1. The highest BCUT2D eigenvalue weighted by Crippen LogP contribution is 2.28. The van der Waals surface area contributed by atoms with E-state index in [1.165, 1.54) is 11.1 Å². The fourth-order valence-corrected chi connectivity index (χ4v) is 3.95. The average molecular weight is 449 g/mol. The normalized spacial score (nSPS) is 10.8. The van der Waals surface area contributed by atoms with Gasteiger partial charge in [0.05, 0.1) is 19.4 Å². The number of ether oxygens (including phenoxy) is 2. The van der Waals surface area contributed by atoms with Crippen molar-refractivity contribution in [2.24, 2.45) is 5.10 Å². The number of hydrazone groups is 1. The Balaban J connectivity index is 1.51. The van der Waals surface area contributed by atoms with E-state index in [2.05, 4.69) is 34.8 Å². The first-order chi connectivity index (χ1) is 15.7. The van der Waals surface area contributed by atoms with E-state index in [9.17, 15) is 4.79 Å². The van der Waals surface area contributed by atoms with Gasteiger partial charge in [-0.3, -0.25) is 4.79 Å². The van der Waals surface area contributed by atoms with Crippen molar-refractivity contribution >= 4 is 23.9 Å². The number of nitrogens with one attached hydrogen (secondary N) is 1. The van der Waals surface area contributed by atoms with E-state index in [1.54, 1.807) is 6.21 Å². The quantitative estimate of drug-likeness (QED) is 0.303. The SMILES string of the molecule is CCOc1ccc(/C=N/NC(=O)c2ccc(CSCc3ccccc3)cc2)cc1OCC. The minimum Gasteiger partial charge on any atom is -0.490 e. The number of thioether (sulfide) groups is 1. The van der Waals surface area contributed by atoms with E-state index < -0.39 is 0 Å². The molecule has 166 valence electrons. The van der Waals surface area contributed by atoms with Gasteiger partial charge in [-0.05, 0) is 60.9 Å².